The molecule has 0 radical (unpaired) electrons. The summed E-state index contributed by atoms with van der Waals surface area (Å²) in [5, 5.41) is 18.1. The Morgan fingerprint density at radius 3 is 2.84 bits per heavy atom. The van der Waals surface area contributed by atoms with Crippen LogP contribution in [0.25, 0.3) is 0 Å². The molecule has 1 heterocycles. The molecule has 1 aromatic heterocycles. The molecule has 2 aromatic rings. The van der Waals surface area contributed by atoms with E-state index >= 15 is 0 Å². The molecular weight excluding hydrogens is 246 g/mol. The van der Waals surface area contributed by atoms with E-state index in [1.54, 1.807) is 17.1 Å². The number of rotatable bonds is 5. The Labute approximate surface area is 110 Å². The molecule has 0 atom stereocenters. The molecule has 19 heavy (non-hydrogen) atoms. The number of anilines is 1. The molecule has 1 aromatic carbocycles. The number of nitro groups is 1. The quantitative estimate of drug-likeness (QED) is 0.653. The van der Waals surface area contributed by atoms with Crippen molar-refractivity contribution in [1.29, 1.82) is 0 Å². The summed E-state index contributed by atoms with van der Waals surface area (Å²) < 4.78 is 1.65. The van der Waals surface area contributed by atoms with Gasteiger partial charge in [-0.15, -0.1) is 0 Å². The van der Waals surface area contributed by atoms with Gasteiger partial charge in [-0.25, -0.2) is 4.98 Å². The number of benzene rings is 1. The first-order chi connectivity index (χ1) is 9.04. The number of hydrogen-bond acceptors (Lipinski definition) is 5. The maximum Gasteiger partial charge on any atom is 0.271 e. The Bertz CT molecular complexity index is 594. The molecule has 7 nitrogen and oxygen atoms in total. The lowest BCUT2D eigenvalue weighted by Gasteiger charge is -2.06. The second-order valence-corrected chi connectivity index (χ2v) is 4.33. The molecule has 0 aliphatic carbocycles. The number of hydrogen-bond donors (Lipinski definition) is 1. The average molecular weight is 261 g/mol. The normalized spacial score (nSPS) is 10.4. The average Bonchev–Trinajstić information content (AvgIpc) is 2.74. The molecule has 0 spiro atoms. The van der Waals surface area contributed by atoms with Gasteiger partial charge in [0.2, 0.25) is 0 Å². The molecule has 1 N–H and O–H groups in total. The van der Waals surface area contributed by atoms with Crippen molar-refractivity contribution < 1.29 is 4.92 Å². The van der Waals surface area contributed by atoms with Crippen LogP contribution < -0.4 is 5.32 Å². The van der Waals surface area contributed by atoms with E-state index in [0.29, 0.717) is 13.0 Å². The number of aryl methyl sites for hydroxylation is 2. The molecule has 100 valence electrons. The van der Waals surface area contributed by atoms with Crippen molar-refractivity contribution in [3.8, 4) is 0 Å². The summed E-state index contributed by atoms with van der Waals surface area (Å²) in [5.41, 5.74) is 1.69. The van der Waals surface area contributed by atoms with Crippen LogP contribution in [0, 0.1) is 17.0 Å². The van der Waals surface area contributed by atoms with Crippen molar-refractivity contribution >= 4 is 11.4 Å². The summed E-state index contributed by atoms with van der Waals surface area (Å²) in [7, 11) is 1.81. The monoisotopic (exact) mass is 261 g/mol. The topological polar surface area (TPSA) is 85.9 Å². The minimum absolute atomic E-state index is 0.0958. The minimum atomic E-state index is -0.390. The molecule has 2 rings (SSSR count). The van der Waals surface area contributed by atoms with Gasteiger partial charge in [-0.2, -0.15) is 5.10 Å². The molecule has 0 unspecified atom stereocenters. The molecule has 0 saturated heterocycles. The molecule has 0 aliphatic heterocycles. The van der Waals surface area contributed by atoms with Crippen LogP contribution in [0.3, 0.4) is 0 Å². The molecule has 0 amide bonds. The van der Waals surface area contributed by atoms with Gasteiger partial charge in [0.25, 0.3) is 5.69 Å². The number of non-ortho nitro benzene ring substituents is 1. The predicted octanol–water partition coefficient (Wildman–Crippen LogP) is 1.69. The van der Waals surface area contributed by atoms with Crippen molar-refractivity contribution in [1.82, 2.24) is 14.8 Å². The van der Waals surface area contributed by atoms with E-state index in [-0.39, 0.29) is 5.69 Å². The number of aromatic nitrogens is 3. The Morgan fingerprint density at radius 2 is 2.21 bits per heavy atom. The van der Waals surface area contributed by atoms with Gasteiger partial charge in [0.05, 0.1) is 4.92 Å². The highest BCUT2D eigenvalue weighted by Crippen LogP contribution is 2.20. The van der Waals surface area contributed by atoms with Crippen molar-refractivity contribution in [3.63, 3.8) is 0 Å². The van der Waals surface area contributed by atoms with E-state index < -0.39 is 4.92 Å². The van der Waals surface area contributed by atoms with Crippen LogP contribution in [0.5, 0.6) is 0 Å². The van der Waals surface area contributed by atoms with E-state index in [0.717, 1.165) is 17.1 Å². The maximum absolute atomic E-state index is 10.8. The van der Waals surface area contributed by atoms with Crippen molar-refractivity contribution in [3.05, 3.63) is 46.0 Å². The summed E-state index contributed by atoms with van der Waals surface area (Å²) in [6.07, 6.45) is 2.31. The Balaban J connectivity index is 1.97. The van der Waals surface area contributed by atoms with Gasteiger partial charge >= 0.3 is 0 Å². The molecule has 0 fully saturated rings. The Hall–Kier alpha value is -2.44. The van der Waals surface area contributed by atoms with Gasteiger partial charge in [0.15, 0.2) is 5.82 Å². The zero-order valence-electron chi connectivity index (χ0n) is 10.8. The van der Waals surface area contributed by atoms with Crippen LogP contribution >= 0.6 is 0 Å². The van der Waals surface area contributed by atoms with Crippen LogP contribution in [-0.2, 0) is 13.5 Å². The second kappa shape index (κ2) is 5.47. The third-order valence-electron chi connectivity index (χ3n) is 2.60. The minimum Gasteiger partial charge on any atom is -0.384 e. The van der Waals surface area contributed by atoms with Crippen LogP contribution in [-0.4, -0.2) is 26.2 Å². The first-order valence-electron chi connectivity index (χ1n) is 5.89. The van der Waals surface area contributed by atoms with Gasteiger partial charge in [0, 0.05) is 37.8 Å². The molecular formula is C12H15N5O2. The summed E-state index contributed by atoms with van der Waals surface area (Å²) in [5.74, 6) is 0.747. The van der Waals surface area contributed by atoms with E-state index in [4.69, 9.17) is 0 Å². The summed E-state index contributed by atoms with van der Waals surface area (Å²) in [4.78, 5) is 14.5. The smallest absolute Gasteiger partial charge is 0.271 e. The predicted molar refractivity (Wildman–Crippen MR) is 71.0 cm³/mol. The molecule has 0 saturated carbocycles. The van der Waals surface area contributed by atoms with E-state index in [1.807, 2.05) is 20.0 Å². The first kappa shape index (κ1) is 13.0. The molecule has 7 heteroatoms. The maximum atomic E-state index is 10.8. The van der Waals surface area contributed by atoms with Gasteiger partial charge in [-0.3, -0.25) is 14.8 Å². The van der Waals surface area contributed by atoms with Crippen LogP contribution in [0.1, 0.15) is 11.4 Å². The van der Waals surface area contributed by atoms with Gasteiger partial charge in [-0.05, 0) is 18.6 Å². The van der Waals surface area contributed by atoms with Crippen LogP contribution in [0.15, 0.2) is 24.5 Å². The first-order valence-corrected chi connectivity index (χ1v) is 5.89. The third kappa shape index (κ3) is 3.51. The standard InChI is InChI=1S/C12H15N5O2/c1-9-5-10(7-11(6-9)17(18)19)13-4-3-12-14-8-16(2)15-12/h5-8,13H,3-4H2,1-2H3. The molecule has 0 aliphatic rings. The number of nitrogens with zero attached hydrogens (tertiary/aromatic N) is 4. The van der Waals surface area contributed by atoms with Crippen molar-refractivity contribution in [2.24, 2.45) is 7.05 Å². The summed E-state index contributed by atoms with van der Waals surface area (Å²) in [6, 6.07) is 4.95. The largest absolute Gasteiger partial charge is 0.384 e. The summed E-state index contributed by atoms with van der Waals surface area (Å²) >= 11 is 0. The highest BCUT2D eigenvalue weighted by molar-refractivity contribution is 5.53. The number of nitrogens with one attached hydrogen (secondary N) is 1. The van der Waals surface area contributed by atoms with Crippen molar-refractivity contribution in [2.45, 2.75) is 13.3 Å². The summed E-state index contributed by atoms with van der Waals surface area (Å²) in [6.45, 7) is 2.46. The fourth-order valence-electron chi connectivity index (χ4n) is 1.79. The SMILES string of the molecule is Cc1cc(NCCc2ncn(C)n2)cc([N+](=O)[O-])c1. The van der Waals surface area contributed by atoms with E-state index in [2.05, 4.69) is 15.4 Å². The zero-order valence-corrected chi connectivity index (χ0v) is 10.8. The van der Waals surface area contributed by atoms with Gasteiger partial charge in [0.1, 0.15) is 6.33 Å². The fraction of sp³-hybridized carbons (Fsp3) is 0.333. The Kier molecular flexibility index (Phi) is 3.74. The van der Waals surface area contributed by atoms with Crippen LogP contribution in [0.2, 0.25) is 0 Å². The lowest BCUT2D eigenvalue weighted by atomic mass is 10.2. The lowest BCUT2D eigenvalue weighted by Crippen LogP contribution is -2.07. The zero-order chi connectivity index (χ0) is 13.8. The van der Waals surface area contributed by atoms with E-state index in [1.165, 1.54) is 6.07 Å². The number of nitro benzene ring substituents is 1. The highest BCUT2D eigenvalue weighted by Gasteiger charge is 2.08. The van der Waals surface area contributed by atoms with Gasteiger partial charge in [-0.1, -0.05) is 0 Å². The fourth-order valence-corrected chi connectivity index (χ4v) is 1.79. The second-order valence-electron chi connectivity index (χ2n) is 4.33. The van der Waals surface area contributed by atoms with Gasteiger partial charge < -0.3 is 5.32 Å². The Morgan fingerprint density at radius 1 is 1.42 bits per heavy atom. The van der Waals surface area contributed by atoms with Crippen LogP contribution in [0.4, 0.5) is 11.4 Å². The molecule has 0 bridgehead atoms. The highest BCUT2D eigenvalue weighted by atomic mass is 16.6. The lowest BCUT2D eigenvalue weighted by molar-refractivity contribution is -0.384. The van der Waals surface area contributed by atoms with E-state index in [9.17, 15) is 10.1 Å². The third-order valence-corrected chi connectivity index (χ3v) is 2.60. The van der Waals surface area contributed by atoms with Crippen molar-refractivity contribution in [2.75, 3.05) is 11.9 Å².